The molecule has 0 fully saturated rings. The van der Waals surface area contributed by atoms with Gasteiger partial charge in [-0.05, 0) is 128 Å². The van der Waals surface area contributed by atoms with Crippen LogP contribution in [0.2, 0.25) is 5.02 Å². The molecule has 0 aliphatic heterocycles. The van der Waals surface area contributed by atoms with E-state index >= 15 is 0 Å². The van der Waals surface area contributed by atoms with Crippen molar-refractivity contribution >= 4 is 23.3 Å². The Morgan fingerprint density at radius 1 is 0.946 bits per heavy atom. The molecule has 2 atom stereocenters. The number of hydrogen-bond donors (Lipinski definition) is 3. The van der Waals surface area contributed by atoms with E-state index in [1.165, 1.54) is 24.2 Å². The Hall–Kier alpha value is -5.31. The van der Waals surface area contributed by atoms with Gasteiger partial charge in [-0.1, -0.05) is 66.2 Å². The summed E-state index contributed by atoms with van der Waals surface area (Å²) in [6.45, 7) is 12.8. The number of halogens is 1. The number of aliphatic carboxylic acids is 1. The van der Waals surface area contributed by atoms with Crippen LogP contribution in [0.4, 0.5) is 5.69 Å². The van der Waals surface area contributed by atoms with Crippen molar-refractivity contribution in [3.63, 3.8) is 0 Å². The van der Waals surface area contributed by atoms with Crippen LogP contribution in [0.15, 0.2) is 79.1 Å². The van der Waals surface area contributed by atoms with Gasteiger partial charge in [-0.3, -0.25) is 14.7 Å². The first-order valence-corrected chi connectivity index (χ1v) is 18.9. The summed E-state index contributed by atoms with van der Waals surface area (Å²) in [5.41, 5.74) is 9.98. The van der Waals surface area contributed by atoms with Crippen LogP contribution in [0, 0.1) is 25.8 Å². The van der Waals surface area contributed by atoms with Crippen molar-refractivity contribution in [1.29, 1.82) is 0 Å². The molecule has 290 valence electrons. The Morgan fingerprint density at radius 2 is 1.66 bits per heavy atom. The number of fused-ring (bicyclic) bond motifs is 1. The first-order valence-electron chi connectivity index (χ1n) is 18.6. The second-order valence-corrected chi connectivity index (χ2v) is 15.4. The predicted octanol–water partition coefficient (Wildman–Crippen LogP) is 8.50. The molecular weight excluding hydrogens is 728 g/mol. The van der Waals surface area contributed by atoms with Gasteiger partial charge in [0.15, 0.2) is 0 Å². The average Bonchev–Trinajstić information content (AvgIpc) is 3.59. The van der Waals surface area contributed by atoms with Crippen molar-refractivity contribution in [3.8, 4) is 34.0 Å². The monoisotopic (exact) mass is 774 g/mol. The van der Waals surface area contributed by atoms with Crippen LogP contribution in [0.25, 0.3) is 27.1 Å². The molecule has 0 radical (unpaired) electrons. The summed E-state index contributed by atoms with van der Waals surface area (Å²) in [5.74, 6) is -0.751. The highest BCUT2D eigenvalue weighted by molar-refractivity contribution is 6.31. The summed E-state index contributed by atoms with van der Waals surface area (Å²) in [6, 6.07) is 22.5. The van der Waals surface area contributed by atoms with E-state index in [1.807, 2.05) is 26.2 Å². The lowest BCUT2D eigenvalue weighted by molar-refractivity contribution is -0.150. The van der Waals surface area contributed by atoms with Crippen LogP contribution in [0.3, 0.4) is 0 Å². The van der Waals surface area contributed by atoms with Gasteiger partial charge in [0.05, 0.1) is 30.7 Å². The number of carboxylic acid groups (broad SMARTS) is 1. The molecule has 0 amide bonds. The predicted molar refractivity (Wildman–Crippen MR) is 217 cm³/mol. The highest BCUT2D eigenvalue weighted by atomic mass is 35.5. The maximum atomic E-state index is 11.9. The molecule has 10 nitrogen and oxygen atoms in total. The summed E-state index contributed by atoms with van der Waals surface area (Å²) >= 11 is 6.74. The van der Waals surface area contributed by atoms with Crippen molar-refractivity contribution in [2.24, 2.45) is 5.41 Å². The van der Waals surface area contributed by atoms with Gasteiger partial charge >= 0.3 is 5.97 Å². The third kappa shape index (κ3) is 7.99. The molecular formula is C45H47ClN4O6. The van der Waals surface area contributed by atoms with E-state index in [1.54, 1.807) is 18.3 Å². The number of aryl methyl sites for hydroxylation is 2. The van der Waals surface area contributed by atoms with Gasteiger partial charge in [-0.15, -0.1) is 0 Å². The summed E-state index contributed by atoms with van der Waals surface area (Å²) in [6.07, 6.45) is 5.20. The third-order valence-electron chi connectivity index (χ3n) is 11.4. The molecule has 3 aromatic carbocycles. The van der Waals surface area contributed by atoms with E-state index in [-0.39, 0.29) is 55.0 Å². The highest BCUT2D eigenvalue weighted by Gasteiger charge is 2.40. The van der Waals surface area contributed by atoms with Gasteiger partial charge in [-0.25, -0.2) is 4.85 Å². The number of aliphatic hydroxyl groups excluding tert-OH is 2. The van der Waals surface area contributed by atoms with E-state index in [9.17, 15) is 20.1 Å². The second-order valence-electron chi connectivity index (χ2n) is 15.0. The maximum Gasteiger partial charge on any atom is 0.311 e. The molecule has 1 aliphatic rings. The molecule has 0 unspecified atom stereocenters. The first-order chi connectivity index (χ1) is 26.8. The van der Waals surface area contributed by atoms with Crippen molar-refractivity contribution in [3.05, 3.63) is 135 Å². The molecule has 2 heterocycles. The Kier molecular flexibility index (Phi) is 12.1. The zero-order valence-corrected chi connectivity index (χ0v) is 33.2. The van der Waals surface area contributed by atoms with Crippen molar-refractivity contribution in [2.75, 3.05) is 27.3 Å². The van der Waals surface area contributed by atoms with Gasteiger partial charge in [0, 0.05) is 18.0 Å². The van der Waals surface area contributed by atoms with E-state index in [2.05, 4.69) is 76.0 Å². The summed E-state index contributed by atoms with van der Waals surface area (Å²) in [7, 11) is 4.06. The Morgan fingerprint density at radius 3 is 2.36 bits per heavy atom. The Balaban J connectivity index is 1.26. The number of carbonyl (C=O) groups is 1. The minimum absolute atomic E-state index is 0.0537. The number of benzene rings is 3. The highest BCUT2D eigenvalue weighted by Crippen LogP contribution is 2.43. The molecule has 0 spiro atoms. The smallest absolute Gasteiger partial charge is 0.311 e. The quantitative estimate of drug-likeness (QED) is 0.0897. The number of nitrogens with zero attached hydrogens (tertiary/aromatic N) is 4. The lowest BCUT2D eigenvalue weighted by Crippen LogP contribution is -2.42. The van der Waals surface area contributed by atoms with E-state index in [0.717, 1.165) is 51.8 Å². The summed E-state index contributed by atoms with van der Waals surface area (Å²) in [4.78, 5) is 26.2. The van der Waals surface area contributed by atoms with Crippen LogP contribution in [0.5, 0.6) is 11.8 Å². The fourth-order valence-corrected chi connectivity index (χ4v) is 7.74. The number of hydrogen-bond acceptors (Lipinski definition) is 8. The number of ether oxygens (including phenoxy) is 2. The third-order valence-corrected chi connectivity index (χ3v) is 11.6. The summed E-state index contributed by atoms with van der Waals surface area (Å²) < 4.78 is 12.4. The lowest BCUT2D eigenvalue weighted by Gasteiger charge is -2.35. The molecule has 6 rings (SSSR count). The number of rotatable bonds is 15. The molecule has 0 saturated heterocycles. The number of aliphatic hydroxyl groups is 2. The van der Waals surface area contributed by atoms with Gasteiger partial charge < -0.3 is 24.8 Å². The molecule has 3 N–H and O–H groups in total. The standard InChI is InChI=1S/C45H47ClN4O6/c1-28-34(9-7-11-37(28)38-12-8-10-36(29(38)2)31-13-14-39-32(20-31)16-18-45(39,27-52)50(5)6)25-56-42-40(46)21-33(15-17-44(3,26-51)43(53)54)41(49-42)55-24-30-19-35(47-4)23-48-22-30/h7-14,19-23,51-52H,15-18,24-27H2,1-3,5-6H3,(H,53,54)/t44-,45-/m0/s1. The van der Waals surface area contributed by atoms with Crippen molar-refractivity contribution < 1.29 is 29.6 Å². The van der Waals surface area contributed by atoms with E-state index in [0.29, 0.717) is 16.8 Å². The molecule has 0 saturated carbocycles. The second kappa shape index (κ2) is 16.8. The number of aromatic nitrogens is 2. The summed E-state index contributed by atoms with van der Waals surface area (Å²) in [5, 5.41) is 30.2. The molecule has 56 heavy (non-hydrogen) atoms. The average molecular weight is 775 g/mol. The number of likely N-dealkylation sites (N-methyl/N-ethyl adjacent to an activating group) is 1. The molecule has 11 heteroatoms. The Bertz CT molecular complexity index is 2310. The van der Waals surface area contributed by atoms with Crippen LogP contribution >= 0.6 is 11.6 Å². The molecule has 5 aromatic rings. The SMILES string of the molecule is [C-]#[N+]c1cncc(COc2nc(OCc3cccc(-c4cccc(-c5ccc6c(c5)CC[C@@]6(CO)N(C)C)c4C)c3C)c(Cl)cc2CC[C@@](C)(CO)C(=O)O)c1. The Labute approximate surface area is 333 Å². The topological polar surface area (TPSA) is 130 Å². The van der Waals surface area contributed by atoms with Gasteiger partial charge in [0.1, 0.15) is 18.2 Å². The number of pyridine rings is 2. The van der Waals surface area contributed by atoms with Gasteiger partial charge in [0.2, 0.25) is 17.4 Å². The minimum Gasteiger partial charge on any atom is -0.481 e. The van der Waals surface area contributed by atoms with Crippen LogP contribution < -0.4 is 9.47 Å². The van der Waals surface area contributed by atoms with Gasteiger partial charge in [-0.2, -0.15) is 4.98 Å². The van der Waals surface area contributed by atoms with Crippen LogP contribution in [-0.4, -0.2) is 63.5 Å². The zero-order chi connectivity index (χ0) is 40.2. The van der Waals surface area contributed by atoms with E-state index < -0.39 is 18.0 Å². The molecule has 1 aliphatic carbocycles. The normalized spacial score (nSPS) is 15.9. The molecule has 2 aromatic heterocycles. The lowest BCUT2D eigenvalue weighted by atomic mass is 9.85. The van der Waals surface area contributed by atoms with Crippen molar-refractivity contribution in [1.82, 2.24) is 14.9 Å². The fraction of sp³-hybridized carbons (Fsp3) is 0.333. The van der Waals surface area contributed by atoms with E-state index in [4.69, 9.17) is 27.6 Å². The van der Waals surface area contributed by atoms with Gasteiger partial charge in [0.25, 0.3) is 0 Å². The fourth-order valence-electron chi connectivity index (χ4n) is 7.52. The first kappa shape index (κ1) is 40.4. The molecule has 0 bridgehead atoms. The van der Waals surface area contributed by atoms with Crippen LogP contribution in [0.1, 0.15) is 58.7 Å². The minimum atomic E-state index is -1.37. The number of carboxylic acids is 1. The van der Waals surface area contributed by atoms with Crippen LogP contribution in [-0.2, 0) is 36.4 Å². The zero-order valence-electron chi connectivity index (χ0n) is 32.4. The maximum absolute atomic E-state index is 11.9. The largest absolute Gasteiger partial charge is 0.481 e. The van der Waals surface area contributed by atoms with Crippen molar-refractivity contribution in [2.45, 2.75) is 65.2 Å².